The van der Waals surface area contributed by atoms with E-state index in [-0.39, 0.29) is 29.7 Å². The minimum atomic E-state index is -4.72. The van der Waals surface area contributed by atoms with Crippen molar-refractivity contribution in [1.82, 2.24) is 9.78 Å². The number of aromatic nitrogens is 2. The average molecular weight is 288 g/mol. The summed E-state index contributed by atoms with van der Waals surface area (Å²) in [7, 11) is 0. The number of carbonyl (C=O) groups is 2. The number of alkyl halides is 3. The average Bonchev–Trinajstić information content (AvgIpc) is 2.95. The molecule has 2 atom stereocenters. The van der Waals surface area contributed by atoms with E-state index >= 15 is 0 Å². The molecule has 0 aliphatic heterocycles. The van der Waals surface area contributed by atoms with Gasteiger partial charge in [0, 0.05) is 11.8 Å². The lowest BCUT2D eigenvalue weighted by molar-refractivity contribution is -0.149. The second-order valence-corrected chi connectivity index (χ2v) is 4.88. The number of ether oxygens (including phenoxy) is 1. The number of rotatable bonds is 3. The standard InChI is InChI=1S/C12H11F3N2O3/c1-2-20-7(18)4-17-11(12(13,14)15)8-9(16-17)5-3-6(5)10(8)19/h5-6H,2-4H2,1H3. The molecule has 8 heteroatoms. The molecule has 2 aliphatic carbocycles. The Kier molecular flexibility index (Phi) is 2.67. The first-order valence-electron chi connectivity index (χ1n) is 6.22. The molecule has 0 amide bonds. The zero-order valence-corrected chi connectivity index (χ0v) is 10.5. The number of fused-ring (bicyclic) bond motifs is 3. The van der Waals surface area contributed by atoms with Crippen molar-refractivity contribution in [2.24, 2.45) is 5.92 Å². The van der Waals surface area contributed by atoms with Crippen LogP contribution in [0.5, 0.6) is 0 Å². The Balaban J connectivity index is 2.03. The number of ketones is 1. The van der Waals surface area contributed by atoms with E-state index in [0.717, 1.165) is 0 Å². The molecule has 1 aromatic rings. The third-order valence-electron chi connectivity index (χ3n) is 3.56. The number of esters is 1. The molecular formula is C12H11F3N2O3. The molecule has 0 saturated heterocycles. The van der Waals surface area contributed by atoms with Gasteiger partial charge in [0.1, 0.15) is 6.54 Å². The maximum Gasteiger partial charge on any atom is 0.433 e. The van der Waals surface area contributed by atoms with E-state index in [4.69, 9.17) is 0 Å². The quantitative estimate of drug-likeness (QED) is 0.795. The zero-order chi connectivity index (χ0) is 14.7. The van der Waals surface area contributed by atoms with Gasteiger partial charge in [-0.2, -0.15) is 18.3 Å². The van der Waals surface area contributed by atoms with Crippen LogP contribution in [0.3, 0.4) is 0 Å². The molecule has 1 aromatic heterocycles. The zero-order valence-electron chi connectivity index (χ0n) is 10.5. The summed E-state index contributed by atoms with van der Waals surface area (Å²) in [6, 6.07) is 0. The van der Waals surface area contributed by atoms with Crippen LogP contribution in [-0.2, 0) is 22.3 Å². The first-order chi connectivity index (χ1) is 9.34. The Morgan fingerprint density at radius 1 is 1.45 bits per heavy atom. The molecular weight excluding hydrogens is 277 g/mol. The Morgan fingerprint density at radius 3 is 2.75 bits per heavy atom. The van der Waals surface area contributed by atoms with Crippen molar-refractivity contribution in [3.63, 3.8) is 0 Å². The molecule has 1 heterocycles. The van der Waals surface area contributed by atoms with Crippen molar-refractivity contribution < 1.29 is 27.5 Å². The predicted molar refractivity (Wildman–Crippen MR) is 59.0 cm³/mol. The number of halogens is 3. The normalized spacial score (nSPS) is 23.5. The summed E-state index contributed by atoms with van der Waals surface area (Å²) >= 11 is 0. The van der Waals surface area contributed by atoms with Crippen molar-refractivity contribution in [1.29, 1.82) is 0 Å². The van der Waals surface area contributed by atoms with Crippen LogP contribution in [0.25, 0.3) is 0 Å². The highest BCUT2D eigenvalue weighted by Gasteiger charge is 2.58. The monoisotopic (exact) mass is 288 g/mol. The molecule has 1 saturated carbocycles. The van der Waals surface area contributed by atoms with Crippen LogP contribution in [-0.4, -0.2) is 28.1 Å². The molecule has 1 fully saturated rings. The van der Waals surface area contributed by atoms with E-state index in [2.05, 4.69) is 9.84 Å². The van der Waals surface area contributed by atoms with Gasteiger partial charge in [0.05, 0.1) is 17.9 Å². The van der Waals surface area contributed by atoms with Crippen LogP contribution in [0.4, 0.5) is 13.2 Å². The largest absolute Gasteiger partial charge is 0.465 e. The van der Waals surface area contributed by atoms with Gasteiger partial charge in [-0.3, -0.25) is 9.59 Å². The third-order valence-corrected chi connectivity index (χ3v) is 3.56. The fraction of sp³-hybridized carbons (Fsp3) is 0.583. The Hall–Kier alpha value is -1.86. The van der Waals surface area contributed by atoms with E-state index in [1.165, 1.54) is 0 Å². The minimum absolute atomic E-state index is 0.0742. The number of hydrogen-bond acceptors (Lipinski definition) is 4. The van der Waals surface area contributed by atoms with Crippen LogP contribution in [0, 0.1) is 5.92 Å². The second-order valence-electron chi connectivity index (χ2n) is 4.88. The van der Waals surface area contributed by atoms with E-state index in [9.17, 15) is 22.8 Å². The Bertz CT molecular complexity index is 606. The summed E-state index contributed by atoms with van der Waals surface area (Å²) in [6.07, 6.45) is -4.17. The summed E-state index contributed by atoms with van der Waals surface area (Å²) in [5.74, 6) is -1.86. The molecule has 108 valence electrons. The topological polar surface area (TPSA) is 61.2 Å². The summed E-state index contributed by atoms with van der Waals surface area (Å²) in [4.78, 5) is 23.2. The van der Waals surface area contributed by atoms with Crippen LogP contribution < -0.4 is 0 Å². The van der Waals surface area contributed by atoms with Gasteiger partial charge in [0.15, 0.2) is 11.5 Å². The predicted octanol–water partition coefficient (Wildman–Crippen LogP) is 1.76. The minimum Gasteiger partial charge on any atom is -0.465 e. The molecule has 0 bridgehead atoms. The summed E-state index contributed by atoms with van der Waals surface area (Å²) in [6.45, 7) is 0.995. The molecule has 0 aromatic carbocycles. The van der Waals surface area contributed by atoms with Gasteiger partial charge in [0.2, 0.25) is 0 Å². The summed E-state index contributed by atoms with van der Waals surface area (Å²) in [5, 5.41) is 3.83. The first-order valence-corrected chi connectivity index (χ1v) is 6.22. The molecule has 0 spiro atoms. The lowest BCUT2D eigenvalue weighted by Gasteiger charge is -2.11. The SMILES string of the molecule is CCOC(=O)Cn1nc2c(c1C(F)(F)F)C(=O)C1CC21. The molecule has 0 N–H and O–H groups in total. The van der Waals surface area contributed by atoms with Crippen LogP contribution in [0.2, 0.25) is 0 Å². The molecule has 2 aliphatic rings. The van der Waals surface area contributed by atoms with E-state index in [0.29, 0.717) is 11.1 Å². The highest BCUT2D eigenvalue weighted by molar-refractivity contribution is 6.06. The molecule has 2 unspecified atom stereocenters. The molecule has 20 heavy (non-hydrogen) atoms. The lowest BCUT2D eigenvalue weighted by Crippen LogP contribution is -2.23. The van der Waals surface area contributed by atoms with Crippen LogP contribution in [0.15, 0.2) is 0 Å². The number of nitrogens with zero attached hydrogens (tertiary/aromatic N) is 2. The van der Waals surface area contributed by atoms with Gasteiger partial charge in [-0.25, -0.2) is 4.68 Å². The first kappa shape index (κ1) is 13.1. The number of hydrogen-bond donors (Lipinski definition) is 0. The van der Waals surface area contributed by atoms with Gasteiger partial charge in [0.25, 0.3) is 0 Å². The van der Waals surface area contributed by atoms with Gasteiger partial charge in [-0.15, -0.1) is 0 Å². The van der Waals surface area contributed by atoms with Gasteiger partial charge in [-0.1, -0.05) is 0 Å². The van der Waals surface area contributed by atoms with E-state index < -0.39 is 30.2 Å². The molecule has 0 radical (unpaired) electrons. The fourth-order valence-corrected chi connectivity index (χ4v) is 2.69. The van der Waals surface area contributed by atoms with Gasteiger partial charge < -0.3 is 4.74 Å². The van der Waals surface area contributed by atoms with Crippen molar-refractivity contribution in [3.05, 3.63) is 17.0 Å². The highest BCUT2D eigenvalue weighted by Crippen LogP contribution is 2.57. The smallest absolute Gasteiger partial charge is 0.433 e. The molecule has 3 rings (SSSR count). The maximum absolute atomic E-state index is 13.1. The second kappa shape index (κ2) is 4.07. The number of carbonyl (C=O) groups excluding carboxylic acids is 2. The summed E-state index contributed by atoms with van der Waals surface area (Å²) in [5.41, 5.74) is -1.31. The van der Waals surface area contributed by atoms with E-state index in [1.807, 2.05) is 0 Å². The maximum atomic E-state index is 13.1. The van der Waals surface area contributed by atoms with Gasteiger partial charge in [-0.05, 0) is 13.3 Å². The fourth-order valence-electron chi connectivity index (χ4n) is 2.69. The van der Waals surface area contributed by atoms with Crippen LogP contribution >= 0.6 is 0 Å². The Labute approximate surface area is 111 Å². The van der Waals surface area contributed by atoms with Crippen LogP contribution in [0.1, 0.15) is 41.0 Å². The molecule has 5 nitrogen and oxygen atoms in total. The van der Waals surface area contributed by atoms with Crippen molar-refractivity contribution in [2.75, 3.05) is 6.61 Å². The number of Topliss-reactive ketones (excluding diaryl/α,β-unsaturated/α-hetero) is 1. The lowest BCUT2D eigenvalue weighted by atomic mass is 10.1. The summed E-state index contributed by atoms with van der Waals surface area (Å²) < 4.78 is 44.5. The third kappa shape index (κ3) is 1.82. The van der Waals surface area contributed by atoms with Crippen molar-refractivity contribution >= 4 is 11.8 Å². The van der Waals surface area contributed by atoms with Crippen molar-refractivity contribution in [2.45, 2.75) is 32.0 Å². The van der Waals surface area contributed by atoms with E-state index in [1.54, 1.807) is 6.92 Å². The highest BCUT2D eigenvalue weighted by atomic mass is 19.4. The Morgan fingerprint density at radius 2 is 2.15 bits per heavy atom. The van der Waals surface area contributed by atoms with Crippen molar-refractivity contribution in [3.8, 4) is 0 Å². The van der Waals surface area contributed by atoms with Gasteiger partial charge >= 0.3 is 12.1 Å².